The predicted molar refractivity (Wildman–Crippen MR) is 130 cm³/mol. The van der Waals surface area contributed by atoms with E-state index in [4.69, 9.17) is 4.74 Å². The number of imide groups is 1. The maximum absolute atomic E-state index is 15.5. The number of hydrogen-bond acceptors (Lipinski definition) is 15. The van der Waals surface area contributed by atoms with Crippen molar-refractivity contribution in [1.82, 2.24) is 15.1 Å². The van der Waals surface area contributed by atoms with Gasteiger partial charge in [-0.1, -0.05) is 24.3 Å². The molecule has 2 aromatic carbocycles. The molecule has 2 saturated heterocycles. The Hall–Kier alpha value is -3.66. The number of hydrogen-bond donors (Lipinski definition) is 10. The highest BCUT2D eigenvalue weighted by Crippen LogP contribution is 2.43. The van der Waals surface area contributed by atoms with E-state index in [-0.39, 0.29) is 41.8 Å². The lowest BCUT2D eigenvalue weighted by Gasteiger charge is -2.55. The summed E-state index contributed by atoms with van der Waals surface area (Å²) in [6, 6.07) is 7.77. The molecule has 3 heterocycles. The Kier molecular flexibility index (Phi) is 7.12. The van der Waals surface area contributed by atoms with Crippen molar-refractivity contribution in [2.75, 3.05) is 0 Å². The van der Waals surface area contributed by atoms with Crippen LogP contribution in [0.4, 0.5) is 4.39 Å². The van der Waals surface area contributed by atoms with Crippen LogP contribution in [-0.2, 0) is 34.0 Å². The maximum Gasteiger partial charge on any atom is 0.356 e. The fourth-order valence-corrected chi connectivity index (χ4v) is 5.00. The molecule has 2 fully saturated rings. The molecular formula is C25H26FN3O14. The average molecular weight is 611 g/mol. The lowest BCUT2D eigenvalue weighted by Crippen LogP contribution is -2.83. The van der Waals surface area contributed by atoms with Gasteiger partial charge in [0.2, 0.25) is 11.6 Å². The molecule has 0 saturated carbocycles. The molecule has 0 radical (unpaired) electrons. The monoisotopic (exact) mass is 611 g/mol. The van der Waals surface area contributed by atoms with E-state index >= 15 is 4.39 Å². The number of ether oxygens (including phenoxy) is 2. The van der Waals surface area contributed by atoms with Gasteiger partial charge in [0.1, 0.15) is 18.2 Å². The summed E-state index contributed by atoms with van der Waals surface area (Å²) >= 11 is 0. The van der Waals surface area contributed by atoms with Crippen molar-refractivity contribution >= 4 is 17.7 Å². The summed E-state index contributed by atoms with van der Waals surface area (Å²) in [7, 11) is 0. The van der Waals surface area contributed by atoms with Gasteiger partial charge < -0.3 is 50.7 Å². The Labute approximate surface area is 239 Å². The molecular weight excluding hydrogens is 585 g/mol. The first-order chi connectivity index (χ1) is 19.8. The van der Waals surface area contributed by atoms with Gasteiger partial charge in [-0.05, 0) is 12.1 Å². The van der Waals surface area contributed by atoms with Crippen LogP contribution in [0.5, 0.6) is 5.75 Å². The normalized spacial score (nSPS) is 25.8. The Morgan fingerprint density at radius 2 is 1.49 bits per heavy atom. The van der Waals surface area contributed by atoms with Crippen LogP contribution in [0.25, 0.3) is 0 Å². The lowest BCUT2D eigenvalue weighted by molar-refractivity contribution is -0.659. The standard InChI is InChI=1S/C25H26FN3O14/c26-18-12(9-29-22(34,35)24(38,39)43-25(40,41)23(29,36)37)3-1-4-13(18)11-42-16-6-2-5-14-15(16)10-28(19(14)31)21(33)8-7-17(30)27-20(21)32/h1-6,33-41H,7-11H2,(H,27,30,32). The van der Waals surface area contributed by atoms with Crippen molar-refractivity contribution < 1.29 is 74.2 Å². The highest BCUT2D eigenvalue weighted by Gasteiger charge is 2.74. The number of aliphatic hydroxyl groups is 9. The van der Waals surface area contributed by atoms with Gasteiger partial charge in [0.25, 0.3) is 11.8 Å². The molecule has 3 aliphatic rings. The van der Waals surface area contributed by atoms with Crippen LogP contribution in [-0.4, -0.2) is 103 Å². The van der Waals surface area contributed by atoms with Gasteiger partial charge in [0.05, 0.1) is 6.54 Å². The first kappa shape index (κ1) is 30.8. The van der Waals surface area contributed by atoms with Crippen LogP contribution >= 0.6 is 0 Å². The molecule has 3 aliphatic heterocycles. The summed E-state index contributed by atoms with van der Waals surface area (Å²) in [4.78, 5) is 37.4. The zero-order valence-corrected chi connectivity index (χ0v) is 21.8. The average Bonchev–Trinajstić information content (AvgIpc) is 3.25. The van der Waals surface area contributed by atoms with Crippen LogP contribution in [0.3, 0.4) is 0 Å². The summed E-state index contributed by atoms with van der Waals surface area (Å²) in [5.41, 5.74) is -2.74. The van der Waals surface area contributed by atoms with Crippen LogP contribution in [0.2, 0.25) is 0 Å². The summed E-state index contributed by atoms with van der Waals surface area (Å²) in [5, 5.41) is 92.5. The second-order valence-corrected chi connectivity index (χ2v) is 10.2. The number of carbonyl (C=O) groups excluding carboxylic acids is 3. The van der Waals surface area contributed by atoms with Crippen LogP contribution in [0, 0.1) is 5.82 Å². The van der Waals surface area contributed by atoms with Gasteiger partial charge in [0.15, 0.2) is 0 Å². The van der Waals surface area contributed by atoms with Crippen molar-refractivity contribution in [3.63, 3.8) is 0 Å². The number of fused-ring (bicyclic) bond motifs is 1. The third kappa shape index (κ3) is 4.74. The maximum atomic E-state index is 15.5. The van der Waals surface area contributed by atoms with Crippen molar-refractivity contribution in [3.8, 4) is 5.75 Å². The SMILES string of the molecule is O=C1CCC(O)(N2Cc3c(OCc4cccc(CN5C(O)(O)C(O)(O)OC(O)(O)C5(O)O)c4F)cccc3C2=O)C(=O)N1. The summed E-state index contributed by atoms with van der Waals surface area (Å²) in [6.45, 7) is -2.10. The van der Waals surface area contributed by atoms with Crippen molar-refractivity contribution in [3.05, 3.63) is 64.5 Å². The minimum Gasteiger partial charge on any atom is -0.488 e. The third-order valence-corrected chi connectivity index (χ3v) is 7.47. The quantitative estimate of drug-likeness (QED) is 0.110. The molecule has 1 unspecified atom stereocenters. The Bertz CT molecular complexity index is 1490. The molecule has 5 rings (SSSR count). The molecule has 0 aromatic heterocycles. The molecule has 0 bridgehead atoms. The summed E-state index contributed by atoms with van der Waals surface area (Å²) in [6.07, 6.45) is -0.537. The van der Waals surface area contributed by atoms with Crippen molar-refractivity contribution in [2.45, 2.75) is 62.0 Å². The number of rotatable bonds is 6. The van der Waals surface area contributed by atoms with Crippen molar-refractivity contribution in [2.24, 2.45) is 0 Å². The second-order valence-electron chi connectivity index (χ2n) is 10.2. The molecule has 2 aromatic rings. The van der Waals surface area contributed by atoms with Gasteiger partial charge in [0, 0.05) is 41.6 Å². The molecule has 3 amide bonds. The third-order valence-electron chi connectivity index (χ3n) is 7.47. The minimum atomic E-state index is -4.21. The Morgan fingerprint density at radius 1 is 0.884 bits per heavy atom. The van der Waals surface area contributed by atoms with E-state index in [2.05, 4.69) is 4.74 Å². The zero-order valence-electron chi connectivity index (χ0n) is 21.8. The molecule has 18 heteroatoms. The van der Waals surface area contributed by atoms with Gasteiger partial charge >= 0.3 is 23.8 Å². The topological polar surface area (TPSA) is 270 Å². The number of benzene rings is 2. The number of morpholine rings is 1. The number of nitrogens with one attached hydrogen (secondary N) is 1. The fraction of sp³-hybridized carbons (Fsp3) is 0.400. The van der Waals surface area contributed by atoms with Crippen LogP contribution in [0.15, 0.2) is 36.4 Å². The summed E-state index contributed by atoms with van der Waals surface area (Å²) < 4.78 is 25.0. The largest absolute Gasteiger partial charge is 0.488 e. The number of halogens is 1. The van der Waals surface area contributed by atoms with Gasteiger partial charge in [-0.25, -0.2) is 4.39 Å². The minimum absolute atomic E-state index is 0.0624. The van der Waals surface area contributed by atoms with E-state index < -0.39 is 76.6 Å². The predicted octanol–water partition coefficient (Wildman–Crippen LogP) is -4.13. The Balaban J connectivity index is 1.38. The van der Waals surface area contributed by atoms with E-state index in [1.165, 1.54) is 30.3 Å². The molecule has 232 valence electrons. The molecule has 0 aliphatic carbocycles. The smallest absolute Gasteiger partial charge is 0.356 e. The lowest BCUT2D eigenvalue weighted by atomic mass is 10.00. The molecule has 43 heavy (non-hydrogen) atoms. The van der Waals surface area contributed by atoms with Crippen molar-refractivity contribution in [1.29, 1.82) is 0 Å². The van der Waals surface area contributed by atoms with E-state index in [0.29, 0.717) is 0 Å². The van der Waals surface area contributed by atoms with Crippen LogP contribution in [0.1, 0.15) is 39.9 Å². The first-order valence-electron chi connectivity index (χ1n) is 12.5. The number of carbonyl (C=O) groups is 3. The van der Waals surface area contributed by atoms with Crippen LogP contribution < -0.4 is 10.1 Å². The van der Waals surface area contributed by atoms with Gasteiger partial charge in [-0.2, -0.15) is 4.90 Å². The Morgan fingerprint density at radius 3 is 2.12 bits per heavy atom. The fourth-order valence-electron chi connectivity index (χ4n) is 5.00. The van der Waals surface area contributed by atoms with E-state index in [1.54, 1.807) is 0 Å². The summed E-state index contributed by atoms with van der Waals surface area (Å²) in [5.74, 6) is -20.1. The number of amides is 3. The van der Waals surface area contributed by atoms with Gasteiger partial charge in [-0.3, -0.25) is 29.3 Å². The first-order valence-corrected chi connectivity index (χ1v) is 12.5. The highest BCUT2D eigenvalue weighted by atomic mass is 19.1. The van der Waals surface area contributed by atoms with E-state index in [0.717, 1.165) is 11.0 Å². The molecule has 17 nitrogen and oxygen atoms in total. The highest BCUT2D eigenvalue weighted by molar-refractivity contribution is 6.06. The molecule has 1 atom stereocenters. The molecule has 10 N–H and O–H groups in total. The number of nitrogens with zero attached hydrogens (tertiary/aromatic N) is 2. The van der Waals surface area contributed by atoms with E-state index in [9.17, 15) is 60.3 Å². The molecule has 0 spiro atoms. The van der Waals surface area contributed by atoms with E-state index in [1.807, 2.05) is 5.32 Å². The number of piperidine rings is 1. The zero-order chi connectivity index (χ0) is 31.8. The van der Waals surface area contributed by atoms with Gasteiger partial charge in [-0.15, -0.1) is 0 Å². The second kappa shape index (κ2) is 9.94.